The fourth-order valence-electron chi connectivity index (χ4n) is 1.68. The second kappa shape index (κ2) is 5.71. The summed E-state index contributed by atoms with van der Waals surface area (Å²) in [7, 11) is 0. The average molecular weight is 276 g/mol. The van der Waals surface area contributed by atoms with Gasteiger partial charge in [-0.2, -0.15) is 5.10 Å². The lowest BCUT2D eigenvalue weighted by Crippen LogP contribution is -2.16. The van der Waals surface area contributed by atoms with E-state index in [0.717, 1.165) is 5.56 Å². The molecule has 0 saturated heterocycles. The second-order valence-corrected chi connectivity index (χ2v) is 4.52. The van der Waals surface area contributed by atoms with E-state index in [2.05, 4.69) is 15.5 Å². The number of nitrogens with one attached hydrogen (secondary N) is 1. The van der Waals surface area contributed by atoms with Crippen molar-refractivity contribution in [2.45, 2.75) is 13.0 Å². The Balaban J connectivity index is 2.21. The molecule has 1 aromatic carbocycles. The summed E-state index contributed by atoms with van der Waals surface area (Å²) in [6.45, 7) is 1.94. The molecule has 0 bridgehead atoms. The molecule has 1 heterocycles. The topological polar surface area (TPSA) is 63.8 Å². The van der Waals surface area contributed by atoms with Crippen LogP contribution in [0.1, 0.15) is 24.1 Å². The van der Waals surface area contributed by atoms with E-state index in [9.17, 15) is 4.39 Å². The minimum atomic E-state index is -0.265. The largest absolute Gasteiger partial charge is 0.389 e. The molecule has 0 aliphatic heterocycles. The third-order valence-electron chi connectivity index (χ3n) is 2.71. The van der Waals surface area contributed by atoms with Crippen molar-refractivity contribution < 1.29 is 4.39 Å². The van der Waals surface area contributed by atoms with Gasteiger partial charge in [0.15, 0.2) is 5.82 Å². The van der Waals surface area contributed by atoms with E-state index in [1.807, 2.05) is 6.92 Å². The van der Waals surface area contributed by atoms with Crippen molar-refractivity contribution in [3.05, 3.63) is 53.5 Å². The molecule has 3 N–H and O–H groups in total. The molecule has 1 unspecified atom stereocenters. The number of hydrogen-bond acceptors (Lipinski definition) is 4. The van der Waals surface area contributed by atoms with Crippen molar-refractivity contribution in [2.75, 3.05) is 5.32 Å². The molecule has 1 atom stereocenters. The van der Waals surface area contributed by atoms with Crippen LogP contribution in [0.4, 0.5) is 10.2 Å². The van der Waals surface area contributed by atoms with Gasteiger partial charge in [-0.15, -0.1) is 5.10 Å². The molecule has 98 valence electrons. The van der Waals surface area contributed by atoms with Crippen molar-refractivity contribution in [1.82, 2.24) is 10.2 Å². The van der Waals surface area contributed by atoms with Crippen LogP contribution in [-0.4, -0.2) is 15.2 Å². The number of aromatic nitrogens is 2. The summed E-state index contributed by atoms with van der Waals surface area (Å²) in [6, 6.07) is 7.89. The smallest absolute Gasteiger partial charge is 0.159 e. The maximum absolute atomic E-state index is 12.9. The number of anilines is 1. The van der Waals surface area contributed by atoms with Gasteiger partial charge in [-0.1, -0.05) is 24.4 Å². The molecular weight excluding hydrogens is 263 g/mol. The lowest BCUT2D eigenvalue weighted by Gasteiger charge is -2.16. The SMILES string of the molecule is CC(Nc1nnccc1C(N)=S)c1ccc(F)cc1. The van der Waals surface area contributed by atoms with Crippen LogP contribution in [0, 0.1) is 5.82 Å². The molecule has 0 spiro atoms. The molecule has 19 heavy (non-hydrogen) atoms. The van der Waals surface area contributed by atoms with Gasteiger partial charge in [0.25, 0.3) is 0 Å². The van der Waals surface area contributed by atoms with E-state index in [0.29, 0.717) is 11.4 Å². The lowest BCUT2D eigenvalue weighted by molar-refractivity contribution is 0.626. The summed E-state index contributed by atoms with van der Waals surface area (Å²) < 4.78 is 12.9. The predicted octanol–water partition coefficient (Wildman–Crippen LogP) is 2.42. The molecule has 1 aromatic heterocycles. The number of nitrogens with zero attached hydrogens (tertiary/aromatic N) is 2. The zero-order valence-electron chi connectivity index (χ0n) is 10.3. The highest BCUT2D eigenvalue weighted by atomic mass is 32.1. The number of benzene rings is 1. The molecule has 6 heteroatoms. The average Bonchev–Trinajstić information content (AvgIpc) is 2.39. The summed E-state index contributed by atoms with van der Waals surface area (Å²) >= 11 is 4.96. The molecule has 2 aromatic rings. The first-order chi connectivity index (χ1) is 9.08. The first-order valence-corrected chi connectivity index (χ1v) is 6.12. The van der Waals surface area contributed by atoms with Crippen LogP contribution in [0.2, 0.25) is 0 Å². The normalized spacial score (nSPS) is 11.9. The molecule has 0 amide bonds. The van der Waals surface area contributed by atoms with Gasteiger partial charge < -0.3 is 11.1 Å². The highest BCUT2D eigenvalue weighted by Crippen LogP contribution is 2.20. The zero-order chi connectivity index (χ0) is 13.8. The Bertz CT molecular complexity index is 585. The van der Waals surface area contributed by atoms with Crippen molar-refractivity contribution in [3.8, 4) is 0 Å². The number of halogens is 1. The molecule has 0 radical (unpaired) electrons. The lowest BCUT2D eigenvalue weighted by atomic mass is 10.1. The van der Waals surface area contributed by atoms with E-state index in [4.69, 9.17) is 18.0 Å². The molecular formula is C13H13FN4S. The predicted molar refractivity (Wildman–Crippen MR) is 76.4 cm³/mol. The molecule has 0 aliphatic rings. The summed E-state index contributed by atoms with van der Waals surface area (Å²) in [4.78, 5) is 0.253. The van der Waals surface area contributed by atoms with Gasteiger partial charge >= 0.3 is 0 Å². The Labute approximate surface area is 115 Å². The van der Waals surface area contributed by atoms with Crippen LogP contribution >= 0.6 is 12.2 Å². The van der Waals surface area contributed by atoms with E-state index in [1.54, 1.807) is 18.2 Å². The van der Waals surface area contributed by atoms with Crippen LogP contribution < -0.4 is 11.1 Å². The van der Waals surface area contributed by atoms with E-state index < -0.39 is 0 Å². The Morgan fingerprint density at radius 1 is 1.32 bits per heavy atom. The molecule has 0 aliphatic carbocycles. The Hall–Kier alpha value is -2.08. The van der Waals surface area contributed by atoms with Crippen molar-refractivity contribution in [2.24, 2.45) is 5.73 Å². The Morgan fingerprint density at radius 3 is 2.63 bits per heavy atom. The van der Waals surface area contributed by atoms with Gasteiger partial charge in [0.05, 0.1) is 17.8 Å². The zero-order valence-corrected chi connectivity index (χ0v) is 11.1. The maximum atomic E-state index is 12.9. The van der Waals surface area contributed by atoms with E-state index in [1.165, 1.54) is 18.3 Å². The van der Waals surface area contributed by atoms with Crippen LogP contribution in [0.25, 0.3) is 0 Å². The van der Waals surface area contributed by atoms with Gasteiger partial charge in [0, 0.05) is 0 Å². The third-order valence-corrected chi connectivity index (χ3v) is 2.93. The number of hydrogen-bond donors (Lipinski definition) is 2. The molecule has 0 saturated carbocycles. The third kappa shape index (κ3) is 3.23. The van der Waals surface area contributed by atoms with Crippen molar-refractivity contribution in [1.29, 1.82) is 0 Å². The van der Waals surface area contributed by atoms with Gasteiger partial charge in [-0.3, -0.25) is 0 Å². The summed E-state index contributed by atoms with van der Waals surface area (Å²) in [5.41, 5.74) is 7.19. The summed E-state index contributed by atoms with van der Waals surface area (Å²) in [5, 5.41) is 10.9. The Morgan fingerprint density at radius 2 is 2.00 bits per heavy atom. The van der Waals surface area contributed by atoms with Crippen LogP contribution in [-0.2, 0) is 0 Å². The monoisotopic (exact) mass is 276 g/mol. The Kier molecular flexibility index (Phi) is 4.01. The molecule has 4 nitrogen and oxygen atoms in total. The second-order valence-electron chi connectivity index (χ2n) is 4.08. The van der Waals surface area contributed by atoms with Crippen molar-refractivity contribution in [3.63, 3.8) is 0 Å². The van der Waals surface area contributed by atoms with Crippen LogP contribution in [0.15, 0.2) is 36.5 Å². The van der Waals surface area contributed by atoms with Crippen LogP contribution in [0.5, 0.6) is 0 Å². The maximum Gasteiger partial charge on any atom is 0.159 e. The summed E-state index contributed by atoms with van der Waals surface area (Å²) in [5.74, 6) is 0.256. The number of rotatable bonds is 4. The minimum absolute atomic E-state index is 0.0644. The van der Waals surface area contributed by atoms with Crippen molar-refractivity contribution >= 4 is 23.0 Å². The quantitative estimate of drug-likeness (QED) is 0.840. The standard InChI is InChI=1S/C13H13FN4S/c1-8(9-2-4-10(14)5-3-9)17-13-11(12(15)19)6-7-16-18-13/h2-8H,1H3,(H2,15,19)(H,17,18). The van der Waals surface area contributed by atoms with Gasteiger partial charge in [0.2, 0.25) is 0 Å². The first kappa shape index (κ1) is 13.4. The molecule has 0 fully saturated rings. The fourth-order valence-corrected chi connectivity index (χ4v) is 1.84. The highest BCUT2D eigenvalue weighted by Gasteiger charge is 2.11. The highest BCUT2D eigenvalue weighted by molar-refractivity contribution is 7.80. The molecule has 2 rings (SSSR count). The van der Waals surface area contributed by atoms with Crippen LogP contribution in [0.3, 0.4) is 0 Å². The van der Waals surface area contributed by atoms with Gasteiger partial charge in [0.1, 0.15) is 10.8 Å². The number of thiocarbonyl (C=S) groups is 1. The number of nitrogens with two attached hydrogens (primary N) is 1. The van der Waals surface area contributed by atoms with E-state index in [-0.39, 0.29) is 16.8 Å². The summed E-state index contributed by atoms with van der Waals surface area (Å²) in [6.07, 6.45) is 1.53. The first-order valence-electron chi connectivity index (χ1n) is 5.71. The minimum Gasteiger partial charge on any atom is -0.389 e. The van der Waals surface area contributed by atoms with E-state index >= 15 is 0 Å². The fraction of sp³-hybridized carbons (Fsp3) is 0.154. The van der Waals surface area contributed by atoms with Gasteiger partial charge in [-0.25, -0.2) is 4.39 Å². The van der Waals surface area contributed by atoms with Gasteiger partial charge in [-0.05, 0) is 30.7 Å².